The Bertz CT molecular complexity index is 1450. The summed E-state index contributed by atoms with van der Waals surface area (Å²) in [6.07, 6.45) is 2.93. The Balaban J connectivity index is 1.77. The molecule has 2 aromatic heterocycles. The van der Waals surface area contributed by atoms with E-state index in [4.69, 9.17) is 16.3 Å². The van der Waals surface area contributed by atoms with Crippen molar-refractivity contribution in [2.75, 3.05) is 6.61 Å². The summed E-state index contributed by atoms with van der Waals surface area (Å²) in [6, 6.07) is 21.7. The molecule has 6 nitrogen and oxygen atoms in total. The van der Waals surface area contributed by atoms with E-state index in [1.165, 1.54) is 12.5 Å². The first-order valence-electron chi connectivity index (χ1n) is 10.2. The molecule has 5 rings (SSSR count). The maximum absolute atomic E-state index is 12.2. The fourth-order valence-corrected chi connectivity index (χ4v) is 3.93. The average molecular weight is 443 g/mol. The first kappa shape index (κ1) is 20.0. The van der Waals surface area contributed by atoms with Crippen molar-refractivity contribution in [3.8, 4) is 33.7 Å². The van der Waals surface area contributed by atoms with Crippen molar-refractivity contribution < 1.29 is 4.74 Å². The number of hydrogen-bond donors (Lipinski definition) is 1. The number of benzene rings is 3. The van der Waals surface area contributed by atoms with Gasteiger partial charge in [-0.25, -0.2) is 9.67 Å². The third-order valence-corrected chi connectivity index (χ3v) is 5.50. The van der Waals surface area contributed by atoms with E-state index in [2.05, 4.69) is 21.1 Å². The van der Waals surface area contributed by atoms with E-state index in [9.17, 15) is 4.79 Å². The summed E-state index contributed by atoms with van der Waals surface area (Å²) in [5, 5.41) is 5.58. The predicted molar refractivity (Wildman–Crippen MR) is 127 cm³/mol. The van der Waals surface area contributed by atoms with Crippen molar-refractivity contribution in [3.63, 3.8) is 0 Å². The molecule has 0 saturated carbocycles. The molecule has 0 spiro atoms. The lowest BCUT2D eigenvalue weighted by molar-refractivity contribution is 0.340. The highest BCUT2D eigenvalue weighted by molar-refractivity contribution is 6.30. The molecule has 0 saturated heterocycles. The topological polar surface area (TPSA) is 72.8 Å². The van der Waals surface area contributed by atoms with Crippen LogP contribution in [-0.4, -0.2) is 26.4 Å². The second-order valence-corrected chi connectivity index (χ2v) is 7.63. The molecule has 0 aliphatic rings. The van der Waals surface area contributed by atoms with E-state index in [1.807, 2.05) is 67.6 Å². The number of nitrogens with zero attached hydrogens (tertiary/aromatic N) is 3. The van der Waals surface area contributed by atoms with Crippen LogP contribution in [0.3, 0.4) is 0 Å². The maximum Gasteiger partial charge on any atom is 0.261 e. The number of aromatic amines is 1. The molecule has 0 atom stereocenters. The zero-order valence-electron chi connectivity index (χ0n) is 17.2. The highest BCUT2D eigenvalue weighted by atomic mass is 35.5. The van der Waals surface area contributed by atoms with Gasteiger partial charge in [-0.1, -0.05) is 48.0 Å². The van der Waals surface area contributed by atoms with Crippen molar-refractivity contribution in [1.82, 2.24) is 19.7 Å². The first-order valence-corrected chi connectivity index (χ1v) is 10.6. The fourth-order valence-electron chi connectivity index (χ4n) is 3.81. The Hall–Kier alpha value is -3.90. The normalized spacial score (nSPS) is 11.1. The van der Waals surface area contributed by atoms with Gasteiger partial charge in [0.05, 0.1) is 24.8 Å². The molecule has 0 unspecified atom stereocenters. The Kier molecular flexibility index (Phi) is 5.21. The Morgan fingerprint density at radius 1 is 1.00 bits per heavy atom. The van der Waals surface area contributed by atoms with Gasteiger partial charge in [0.2, 0.25) is 0 Å². The number of ether oxygens (including phenoxy) is 1. The Morgan fingerprint density at radius 3 is 2.50 bits per heavy atom. The lowest BCUT2D eigenvalue weighted by Gasteiger charge is -2.16. The molecule has 5 aromatic rings. The van der Waals surface area contributed by atoms with Crippen molar-refractivity contribution >= 4 is 22.6 Å². The van der Waals surface area contributed by atoms with E-state index in [0.717, 1.165) is 33.7 Å². The minimum Gasteiger partial charge on any atom is -0.494 e. The molecule has 7 heteroatoms. The summed E-state index contributed by atoms with van der Waals surface area (Å²) in [6.45, 7) is 2.58. The van der Waals surface area contributed by atoms with Crippen LogP contribution < -0.4 is 10.3 Å². The van der Waals surface area contributed by atoms with E-state index >= 15 is 0 Å². The standard InChI is InChI=1S/C25H19ClN4O2/c1-2-32-19-12-8-16(9-13-19)20-4-3-5-22(23(20)17-6-10-18(26)11-7-17)30-24-21(14-29-30)25(31)28-15-27-24/h3-15H,2H2,1H3,(H,27,28,31). The summed E-state index contributed by atoms with van der Waals surface area (Å²) in [4.78, 5) is 19.2. The third kappa shape index (κ3) is 3.55. The van der Waals surface area contributed by atoms with Gasteiger partial charge in [0, 0.05) is 10.6 Å². The van der Waals surface area contributed by atoms with Crippen molar-refractivity contribution in [2.24, 2.45) is 0 Å². The molecule has 0 aliphatic carbocycles. The van der Waals surface area contributed by atoms with Crippen LogP contribution in [0.5, 0.6) is 5.75 Å². The second-order valence-electron chi connectivity index (χ2n) is 7.19. The molecule has 158 valence electrons. The van der Waals surface area contributed by atoms with Gasteiger partial charge in [0.15, 0.2) is 5.65 Å². The molecule has 0 aliphatic heterocycles. The number of nitrogens with one attached hydrogen (secondary N) is 1. The molecule has 0 bridgehead atoms. The first-order chi connectivity index (χ1) is 15.7. The predicted octanol–water partition coefficient (Wildman–Crippen LogP) is 5.49. The highest BCUT2D eigenvalue weighted by Gasteiger charge is 2.17. The van der Waals surface area contributed by atoms with Gasteiger partial charge in [0.25, 0.3) is 5.56 Å². The smallest absolute Gasteiger partial charge is 0.261 e. The van der Waals surface area contributed by atoms with Crippen LogP contribution in [-0.2, 0) is 0 Å². The van der Waals surface area contributed by atoms with Crippen LogP contribution in [0.1, 0.15) is 6.92 Å². The van der Waals surface area contributed by atoms with Crippen LogP contribution in [0.2, 0.25) is 5.02 Å². The van der Waals surface area contributed by atoms with Crippen LogP contribution in [0.25, 0.3) is 39.0 Å². The molecule has 1 N–H and O–H groups in total. The van der Waals surface area contributed by atoms with Gasteiger partial charge < -0.3 is 9.72 Å². The highest BCUT2D eigenvalue weighted by Crippen LogP contribution is 2.38. The monoisotopic (exact) mass is 442 g/mol. The van der Waals surface area contributed by atoms with Gasteiger partial charge in [-0.3, -0.25) is 4.79 Å². The summed E-state index contributed by atoms with van der Waals surface area (Å²) in [5.74, 6) is 0.821. The molecule has 0 amide bonds. The van der Waals surface area contributed by atoms with Crippen molar-refractivity contribution in [2.45, 2.75) is 6.92 Å². The average Bonchev–Trinajstić information content (AvgIpc) is 3.25. The van der Waals surface area contributed by atoms with E-state index in [-0.39, 0.29) is 5.56 Å². The lowest BCUT2D eigenvalue weighted by atomic mass is 9.93. The van der Waals surface area contributed by atoms with Gasteiger partial charge >= 0.3 is 0 Å². The van der Waals surface area contributed by atoms with Gasteiger partial charge in [-0.05, 0) is 53.9 Å². The fraction of sp³-hybridized carbons (Fsp3) is 0.0800. The summed E-state index contributed by atoms with van der Waals surface area (Å²) >= 11 is 6.16. The van der Waals surface area contributed by atoms with Crippen LogP contribution in [0.4, 0.5) is 0 Å². The maximum atomic E-state index is 12.2. The zero-order chi connectivity index (χ0) is 22.1. The van der Waals surface area contributed by atoms with Crippen molar-refractivity contribution in [1.29, 1.82) is 0 Å². The minimum atomic E-state index is -0.225. The molecular formula is C25H19ClN4O2. The minimum absolute atomic E-state index is 0.225. The van der Waals surface area contributed by atoms with Crippen LogP contribution >= 0.6 is 11.6 Å². The quantitative estimate of drug-likeness (QED) is 0.390. The molecule has 3 aromatic carbocycles. The van der Waals surface area contributed by atoms with E-state index in [1.54, 1.807) is 4.68 Å². The second kappa shape index (κ2) is 8.32. The number of rotatable bonds is 5. The molecule has 32 heavy (non-hydrogen) atoms. The summed E-state index contributed by atoms with van der Waals surface area (Å²) < 4.78 is 7.30. The largest absolute Gasteiger partial charge is 0.494 e. The zero-order valence-corrected chi connectivity index (χ0v) is 18.0. The number of halogens is 1. The van der Waals surface area contributed by atoms with Crippen LogP contribution in [0.15, 0.2) is 84.0 Å². The number of aromatic nitrogens is 4. The molecular weight excluding hydrogens is 424 g/mol. The van der Waals surface area contributed by atoms with Crippen molar-refractivity contribution in [3.05, 3.63) is 94.6 Å². The molecule has 2 heterocycles. The number of fused-ring (bicyclic) bond motifs is 1. The lowest BCUT2D eigenvalue weighted by Crippen LogP contribution is -2.07. The summed E-state index contributed by atoms with van der Waals surface area (Å²) in [5.41, 5.74) is 5.06. The molecule has 0 fully saturated rings. The Labute approximate surface area is 189 Å². The SMILES string of the molecule is CCOc1ccc(-c2cccc(-n3ncc4c(=O)[nH]cnc43)c2-c2ccc(Cl)cc2)cc1. The van der Waals surface area contributed by atoms with Gasteiger partial charge in [0.1, 0.15) is 11.1 Å². The van der Waals surface area contributed by atoms with Gasteiger partial charge in [-0.2, -0.15) is 5.10 Å². The summed E-state index contributed by atoms with van der Waals surface area (Å²) in [7, 11) is 0. The Morgan fingerprint density at radius 2 is 1.75 bits per heavy atom. The van der Waals surface area contributed by atoms with Gasteiger partial charge in [-0.15, -0.1) is 0 Å². The third-order valence-electron chi connectivity index (χ3n) is 5.25. The number of hydrogen-bond acceptors (Lipinski definition) is 4. The van der Waals surface area contributed by atoms with E-state index < -0.39 is 0 Å². The number of H-pyrrole nitrogens is 1. The molecule has 0 radical (unpaired) electrons. The van der Waals surface area contributed by atoms with E-state index in [0.29, 0.717) is 22.7 Å². The van der Waals surface area contributed by atoms with Crippen LogP contribution in [0, 0.1) is 0 Å².